The van der Waals surface area contributed by atoms with Crippen LogP contribution in [-0.2, 0) is 25.4 Å². The van der Waals surface area contributed by atoms with Crippen molar-refractivity contribution in [2.24, 2.45) is 0 Å². The Labute approximate surface area is 253 Å². The topological polar surface area (TPSA) is 107 Å². The summed E-state index contributed by atoms with van der Waals surface area (Å²) in [5, 5.41) is 20.0. The zero-order valence-electron chi connectivity index (χ0n) is 25.4. The molecule has 0 spiro atoms. The van der Waals surface area contributed by atoms with Crippen LogP contribution in [0.15, 0.2) is 78.9 Å². The molecular weight excluding hydrogens is 549 g/mol. The zero-order chi connectivity index (χ0) is 31.1. The molecule has 3 aromatic carbocycles. The first kappa shape index (κ1) is 31.2. The number of aryl methyl sites for hydroxylation is 2. The summed E-state index contributed by atoms with van der Waals surface area (Å²) in [7, 11) is 0.595. The average Bonchev–Trinajstić information content (AvgIpc) is 2.91. The zero-order valence-corrected chi connectivity index (χ0v) is 25.4. The summed E-state index contributed by atoms with van der Waals surface area (Å²) in [5.74, 6) is 0.462. The second-order valence-electron chi connectivity index (χ2n) is 10.6. The lowest BCUT2D eigenvalue weighted by Gasteiger charge is -2.20. The van der Waals surface area contributed by atoms with E-state index in [1.165, 1.54) is 24.2 Å². The molecule has 0 saturated carbocycles. The van der Waals surface area contributed by atoms with Gasteiger partial charge in [0, 0.05) is 25.9 Å². The van der Waals surface area contributed by atoms with Gasteiger partial charge in [-0.3, -0.25) is 4.79 Å². The average molecular weight is 587 g/mol. The van der Waals surface area contributed by atoms with Gasteiger partial charge in [-0.05, 0) is 85.3 Å². The van der Waals surface area contributed by atoms with Crippen molar-refractivity contribution in [1.82, 2.24) is 4.90 Å². The van der Waals surface area contributed by atoms with Crippen LogP contribution >= 0.6 is 0 Å². The lowest BCUT2D eigenvalue weighted by Crippen LogP contribution is -2.37. The van der Waals surface area contributed by atoms with Crippen LogP contribution in [0.3, 0.4) is 0 Å². The highest BCUT2D eigenvalue weighted by Gasteiger charge is 2.29. The maximum absolute atomic E-state index is 11.1. The monoisotopic (exact) mass is 587 g/mol. The molecule has 0 saturated heterocycles. The Kier molecular flexibility index (Phi) is 10.1. The molecule has 2 N–H and O–H groups in total. The molecule has 1 aliphatic heterocycles. The van der Waals surface area contributed by atoms with E-state index in [1.807, 2.05) is 25.1 Å². The minimum absolute atomic E-state index is 0.194. The van der Waals surface area contributed by atoms with Crippen LogP contribution in [0.2, 0.25) is 0 Å². The molecule has 1 atom stereocenters. The highest BCUT2D eigenvalue weighted by molar-refractivity contribution is 6.61. The van der Waals surface area contributed by atoms with Crippen molar-refractivity contribution < 1.29 is 38.5 Å². The van der Waals surface area contributed by atoms with Gasteiger partial charge in [0.15, 0.2) is 0 Å². The molecule has 0 bridgehead atoms. The van der Waals surface area contributed by atoms with Gasteiger partial charge in [-0.15, -0.1) is 0 Å². The Morgan fingerprint density at radius 3 is 2.16 bits per heavy atom. The number of carbonyl (C=O) groups excluding carboxylic acids is 1. The number of aliphatic hydroxyl groups is 2. The molecule has 9 nitrogen and oxygen atoms in total. The van der Waals surface area contributed by atoms with Crippen molar-refractivity contribution in [1.29, 1.82) is 0 Å². The maximum atomic E-state index is 11.1. The summed E-state index contributed by atoms with van der Waals surface area (Å²) in [6.45, 7) is 10.3. The summed E-state index contributed by atoms with van der Waals surface area (Å²) in [6.07, 6.45) is 3.06. The van der Waals surface area contributed by atoms with Crippen molar-refractivity contribution in [2.75, 3.05) is 13.7 Å². The smallest absolute Gasteiger partial charge is 0.494 e. The third kappa shape index (κ3) is 8.41. The first-order valence-corrected chi connectivity index (χ1v) is 14.1. The van der Waals surface area contributed by atoms with Gasteiger partial charge in [0.05, 0.1) is 19.0 Å². The molecule has 10 heteroatoms. The van der Waals surface area contributed by atoms with E-state index in [0.29, 0.717) is 30.8 Å². The molecule has 1 aliphatic rings. The third-order valence-corrected chi connectivity index (χ3v) is 7.01. The van der Waals surface area contributed by atoms with Gasteiger partial charge in [0.1, 0.15) is 24.2 Å². The van der Waals surface area contributed by atoms with E-state index in [2.05, 4.69) is 32.9 Å². The van der Waals surface area contributed by atoms with Crippen LogP contribution in [0.1, 0.15) is 42.5 Å². The molecule has 0 aliphatic carbocycles. The molecule has 0 amide bonds. The molecule has 0 aromatic heterocycles. The Morgan fingerprint density at radius 2 is 1.56 bits per heavy atom. The van der Waals surface area contributed by atoms with E-state index in [1.54, 1.807) is 31.3 Å². The summed E-state index contributed by atoms with van der Waals surface area (Å²) < 4.78 is 28.1. The van der Waals surface area contributed by atoms with E-state index < -0.39 is 7.12 Å². The molecular formula is C33H38BNO8. The molecule has 0 unspecified atom stereocenters. The van der Waals surface area contributed by atoms with E-state index >= 15 is 0 Å². The van der Waals surface area contributed by atoms with Gasteiger partial charge < -0.3 is 38.6 Å². The minimum atomic E-state index is -1.03. The quantitative estimate of drug-likeness (QED) is 0.219. The summed E-state index contributed by atoms with van der Waals surface area (Å²) in [5.41, 5.74) is 7.27. The normalized spacial score (nSPS) is 16.3. The first-order chi connectivity index (χ1) is 20.5. The van der Waals surface area contributed by atoms with Crippen LogP contribution in [0.25, 0.3) is 11.1 Å². The third-order valence-electron chi connectivity index (χ3n) is 7.01. The van der Waals surface area contributed by atoms with Crippen molar-refractivity contribution in [3.8, 4) is 22.6 Å². The van der Waals surface area contributed by atoms with Gasteiger partial charge in [-0.25, -0.2) is 0 Å². The van der Waals surface area contributed by atoms with Gasteiger partial charge in [0.25, 0.3) is 11.9 Å². The summed E-state index contributed by atoms with van der Waals surface area (Å²) in [4.78, 5) is 12.5. The largest absolute Gasteiger partial charge is 0.636 e. The summed E-state index contributed by atoms with van der Waals surface area (Å²) in [6, 6.07) is 17.4. The number of aliphatic hydroxyl groups excluding tert-OH is 2. The Morgan fingerprint density at radius 1 is 0.930 bits per heavy atom. The van der Waals surface area contributed by atoms with Gasteiger partial charge >= 0.3 is 13.1 Å². The number of esters is 1. The van der Waals surface area contributed by atoms with Crippen LogP contribution < -0.4 is 14.9 Å². The van der Waals surface area contributed by atoms with Crippen LogP contribution in [0, 0.1) is 20.8 Å². The fraction of sp³-hybridized carbons (Fsp3) is 0.303. The van der Waals surface area contributed by atoms with E-state index in [4.69, 9.17) is 23.5 Å². The SMILES string of the molecule is CC(=O)O[C@@H](C)CCOc1cc(C)c(-c2cccc(COc3ccc(B4O/C(O)=C\N(C)/C=C(/O)O4)cc3)c2C)c(C)c1. The van der Waals surface area contributed by atoms with Crippen LogP contribution in [0.4, 0.5) is 0 Å². The Balaban J connectivity index is 1.42. The molecule has 1 heterocycles. The van der Waals surface area contributed by atoms with Crippen LogP contribution in [-0.4, -0.2) is 48.0 Å². The molecule has 3 aromatic rings. The molecule has 4 rings (SSSR count). The number of nitrogens with zero attached hydrogens (tertiary/aromatic N) is 1. The Hall–Kier alpha value is -4.73. The fourth-order valence-electron chi connectivity index (χ4n) is 4.94. The molecule has 43 heavy (non-hydrogen) atoms. The minimum Gasteiger partial charge on any atom is -0.494 e. The maximum Gasteiger partial charge on any atom is 0.636 e. The van der Waals surface area contributed by atoms with Gasteiger partial charge in [-0.2, -0.15) is 0 Å². The second-order valence-corrected chi connectivity index (χ2v) is 10.6. The lowest BCUT2D eigenvalue weighted by atomic mass is 9.79. The highest BCUT2D eigenvalue weighted by Crippen LogP contribution is 2.34. The number of benzene rings is 3. The molecule has 0 radical (unpaired) electrons. The van der Waals surface area contributed by atoms with E-state index in [-0.39, 0.29) is 24.0 Å². The predicted octanol–water partition coefficient (Wildman–Crippen LogP) is 5.97. The number of hydrogen-bond donors (Lipinski definition) is 2. The lowest BCUT2D eigenvalue weighted by molar-refractivity contribution is -0.145. The number of carbonyl (C=O) groups is 1. The second kappa shape index (κ2) is 14.0. The first-order valence-electron chi connectivity index (χ1n) is 14.1. The summed E-state index contributed by atoms with van der Waals surface area (Å²) >= 11 is 0. The number of hydrogen-bond acceptors (Lipinski definition) is 9. The number of ether oxygens (including phenoxy) is 3. The standard InChI is InChI=1S/C33H38BNO8/c1-21-16-29(39-15-14-23(3)41-25(5)36)17-22(2)33(21)30-9-7-8-26(24(30)4)20-40-28-12-10-27(11-13-28)34-42-31(37)18-35(6)19-32(38)43-34/h7-13,16-19,23,37-38H,14-15,20H2,1-6H3/b31-18-,32-19-/t23-/m0/s1. The number of rotatable bonds is 10. The van der Waals surface area contributed by atoms with Gasteiger partial charge in [0.2, 0.25) is 0 Å². The highest BCUT2D eigenvalue weighted by atomic mass is 16.7. The van der Waals surface area contributed by atoms with E-state index in [9.17, 15) is 15.0 Å². The van der Waals surface area contributed by atoms with Crippen LogP contribution in [0.5, 0.6) is 11.5 Å². The Bertz CT molecular complexity index is 1460. The molecule has 226 valence electrons. The van der Waals surface area contributed by atoms with Crippen molar-refractivity contribution >= 4 is 18.6 Å². The van der Waals surface area contributed by atoms with Crippen molar-refractivity contribution in [3.63, 3.8) is 0 Å². The van der Waals surface area contributed by atoms with Crippen molar-refractivity contribution in [3.05, 3.63) is 101 Å². The molecule has 0 fully saturated rings. The van der Waals surface area contributed by atoms with Gasteiger partial charge in [-0.1, -0.05) is 30.3 Å². The fourth-order valence-corrected chi connectivity index (χ4v) is 4.94. The predicted molar refractivity (Wildman–Crippen MR) is 165 cm³/mol. The van der Waals surface area contributed by atoms with E-state index in [0.717, 1.165) is 39.1 Å². The van der Waals surface area contributed by atoms with Crippen molar-refractivity contribution in [2.45, 2.75) is 53.8 Å².